The van der Waals surface area contributed by atoms with Crippen molar-refractivity contribution in [2.24, 2.45) is 0 Å². The first-order valence-electron chi connectivity index (χ1n) is 8.15. The van der Waals surface area contributed by atoms with Gasteiger partial charge in [-0.15, -0.1) is 0 Å². The zero-order valence-electron chi connectivity index (χ0n) is 15.3. The second-order valence-corrected chi connectivity index (χ2v) is 7.05. The molecule has 0 aliphatic rings. The molecule has 0 aliphatic heterocycles. The SMILES string of the molecule is CC(C)(C)OC(=O)Cn1cc(-c2cccc(C(F)(F)F)c2)cc(C(=O)O)c1=O. The Morgan fingerprint density at radius 3 is 2.29 bits per heavy atom. The van der Waals surface area contributed by atoms with E-state index in [1.165, 1.54) is 12.1 Å². The van der Waals surface area contributed by atoms with Crippen molar-refractivity contribution in [3.05, 3.63) is 58.0 Å². The summed E-state index contributed by atoms with van der Waals surface area (Å²) in [6.45, 7) is 4.28. The van der Waals surface area contributed by atoms with Gasteiger partial charge in [-0.05, 0) is 50.1 Å². The molecule has 1 aromatic heterocycles. The van der Waals surface area contributed by atoms with Crippen LogP contribution in [0.1, 0.15) is 36.7 Å². The first-order valence-corrected chi connectivity index (χ1v) is 8.15. The first-order chi connectivity index (χ1) is 12.8. The molecule has 6 nitrogen and oxygen atoms in total. The number of alkyl halides is 3. The van der Waals surface area contributed by atoms with Gasteiger partial charge in [-0.2, -0.15) is 13.2 Å². The number of carbonyl (C=O) groups excluding carboxylic acids is 1. The molecule has 0 amide bonds. The molecule has 0 bridgehead atoms. The van der Waals surface area contributed by atoms with Crippen molar-refractivity contribution in [1.29, 1.82) is 0 Å². The van der Waals surface area contributed by atoms with Gasteiger partial charge in [-0.1, -0.05) is 12.1 Å². The number of hydrogen-bond donors (Lipinski definition) is 1. The molecule has 28 heavy (non-hydrogen) atoms. The zero-order chi connectivity index (χ0) is 21.3. The van der Waals surface area contributed by atoms with Crippen molar-refractivity contribution >= 4 is 11.9 Å². The third-order valence-corrected chi connectivity index (χ3v) is 3.56. The highest BCUT2D eigenvalue weighted by molar-refractivity contribution is 5.89. The van der Waals surface area contributed by atoms with Gasteiger partial charge in [0.15, 0.2) is 0 Å². The molecule has 0 saturated carbocycles. The molecule has 2 aromatic rings. The van der Waals surface area contributed by atoms with Gasteiger partial charge in [0, 0.05) is 6.20 Å². The second kappa shape index (κ2) is 7.49. The van der Waals surface area contributed by atoms with Crippen molar-refractivity contribution in [3.63, 3.8) is 0 Å². The monoisotopic (exact) mass is 397 g/mol. The fourth-order valence-electron chi connectivity index (χ4n) is 2.45. The van der Waals surface area contributed by atoms with Crippen LogP contribution in [0.25, 0.3) is 11.1 Å². The molecule has 9 heteroatoms. The summed E-state index contributed by atoms with van der Waals surface area (Å²) in [5.74, 6) is -2.34. The number of carboxylic acid groups (broad SMARTS) is 1. The molecule has 0 radical (unpaired) electrons. The van der Waals surface area contributed by atoms with Crippen LogP contribution in [0.4, 0.5) is 13.2 Å². The van der Waals surface area contributed by atoms with Gasteiger partial charge in [-0.3, -0.25) is 9.59 Å². The summed E-state index contributed by atoms with van der Waals surface area (Å²) in [5, 5.41) is 9.26. The van der Waals surface area contributed by atoms with Crippen LogP contribution in [0, 0.1) is 0 Å². The molecule has 0 spiro atoms. The van der Waals surface area contributed by atoms with Crippen molar-refractivity contribution < 1.29 is 32.6 Å². The minimum absolute atomic E-state index is 0.0478. The number of ether oxygens (including phenoxy) is 1. The number of nitrogens with zero attached hydrogens (tertiary/aromatic N) is 1. The number of esters is 1. The van der Waals surface area contributed by atoms with E-state index in [0.717, 1.165) is 29.0 Å². The summed E-state index contributed by atoms with van der Waals surface area (Å²) in [7, 11) is 0. The third kappa shape index (κ3) is 5.21. The molecule has 2 rings (SSSR count). The molecule has 0 atom stereocenters. The fraction of sp³-hybridized carbons (Fsp3) is 0.316. The summed E-state index contributed by atoms with van der Waals surface area (Å²) in [4.78, 5) is 35.7. The van der Waals surface area contributed by atoms with Gasteiger partial charge in [0.2, 0.25) is 0 Å². The predicted molar refractivity (Wildman–Crippen MR) is 93.9 cm³/mol. The number of halogens is 3. The van der Waals surface area contributed by atoms with Crippen LogP contribution in [0.15, 0.2) is 41.3 Å². The van der Waals surface area contributed by atoms with Crippen LogP contribution in [0.3, 0.4) is 0 Å². The average molecular weight is 397 g/mol. The van der Waals surface area contributed by atoms with E-state index in [0.29, 0.717) is 0 Å². The van der Waals surface area contributed by atoms with E-state index in [1.807, 2.05) is 0 Å². The number of pyridine rings is 1. The van der Waals surface area contributed by atoms with Crippen LogP contribution in [0.5, 0.6) is 0 Å². The quantitative estimate of drug-likeness (QED) is 0.798. The Bertz CT molecular complexity index is 971. The third-order valence-electron chi connectivity index (χ3n) is 3.56. The maximum absolute atomic E-state index is 13.0. The lowest BCUT2D eigenvalue weighted by atomic mass is 10.0. The van der Waals surface area contributed by atoms with Gasteiger partial charge < -0.3 is 14.4 Å². The molecular formula is C19H18F3NO5. The molecule has 0 saturated heterocycles. The summed E-state index contributed by atoms with van der Waals surface area (Å²) in [5.41, 5.74) is -3.28. The smallest absolute Gasteiger partial charge is 0.416 e. The molecule has 150 valence electrons. The topological polar surface area (TPSA) is 85.6 Å². The summed E-state index contributed by atoms with van der Waals surface area (Å²) in [6, 6.07) is 5.20. The predicted octanol–water partition coefficient (Wildman–Crippen LogP) is 3.57. The highest BCUT2D eigenvalue weighted by Gasteiger charge is 2.30. The van der Waals surface area contributed by atoms with E-state index >= 15 is 0 Å². The number of hydrogen-bond acceptors (Lipinski definition) is 4. The fourth-order valence-corrected chi connectivity index (χ4v) is 2.45. The molecule has 1 heterocycles. The largest absolute Gasteiger partial charge is 0.477 e. The minimum atomic E-state index is -4.59. The molecular weight excluding hydrogens is 379 g/mol. The summed E-state index contributed by atoms with van der Waals surface area (Å²) < 4.78 is 44.8. The number of aromatic carboxylic acids is 1. The molecule has 0 aliphatic carbocycles. The second-order valence-electron chi connectivity index (χ2n) is 7.05. The van der Waals surface area contributed by atoms with Crippen molar-refractivity contribution in [2.45, 2.75) is 39.1 Å². The average Bonchev–Trinajstić information content (AvgIpc) is 2.54. The van der Waals surface area contributed by atoms with Crippen molar-refractivity contribution in [3.8, 4) is 11.1 Å². The highest BCUT2D eigenvalue weighted by atomic mass is 19.4. The van der Waals surface area contributed by atoms with Crippen LogP contribution >= 0.6 is 0 Å². The van der Waals surface area contributed by atoms with Gasteiger partial charge >= 0.3 is 18.1 Å². The highest BCUT2D eigenvalue weighted by Crippen LogP contribution is 2.32. The first kappa shape index (κ1) is 21.2. The molecule has 0 unspecified atom stereocenters. The van der Waals surface area contributed by atoms with Crippen LogP contribution < -0.4 is 5.56 Å². The van der Waals surface area contributed by atoms with E-state index in [2.05, 4.69) is 0 Å². The lowest BCUT2D eigenvalue weighted by Gasteiger charge is -2.20. The lowest BCUT2D eigenvalue weighted by molar-refractivity contribution is -0.155. The maximum Gasteiger partial charge on any atom is 0.416 e. The van der Waals surface area contributed by atoms with Crippen LogP contribution in [-0.4, -0.2) is 27.2 Å². The Balaban J connectivity index is 2.55. The van der Waals surface area contributed by atoms with Crippen molar-refractivity contribution in [2.75, 3.05) is 0 Å². The lowest BCUT2D eigenvalue weighted by Crippen LogP contribution is -2.32. The summed E-state index contributed by atoms with van der Waals surface area (Å²) >= 11 is 0. The minimum Gasteiger partial charge on any atom is -0.477 e. The van der Waals surface area contributed by atoms with Crippen LogP contribution in [0.2, 0.25) is 0 Å². The Labute approximate surface area is 158 Å². The Morgan fingerprint density at radius 1 is 1.11 bits per heavy atom. The normalized spacial score (nSPS) is 11.9. The number of aromatic nitrogens is 1. The Hall–Kier alpha value is -3.10. The molecule has 0 fully saturated rings. The standard InChI is InChI=1S/C19H18F3NO5/c1-18(2,3)28-15(24)10-23-9-12(8-14(16(23)25)17(26)27)11-5-4-6-13(7-11)19(20,21)22/h4-9H,10H2,1-3H3,(H,26,27). The zero-order valence-corrected chi connectivity index (χ0v) is 15.3. The Kier molecular flexibility index (Phi) is 5.67. The van der Waals surface area contributed by atoms with E-state index in [1.54, 1.807) is 20.8 Å². The number of rotatable bonds is 4. The summed E-state index contributed by atoms with van der Waals surface area (Å²) in [6.07, 6.45) is -3.45. The number of carboxylic acids is 1. The van der Waals surface area contributed by atoms with E-state index in [9.17, 15) is 32.7 Å². The number of benzene rings is 1. The molecule has 1 aromatic carbocycles. The molecule has 1 N–H and O–H groups in total. The number of carbonyl (C=O) groups is 2. The van der Waals surface area contributed by atoms with E-state index in [-0.39, 0.29) is 11.1 Å². The van der Waals surface area contributed by atoms with Gasteiger partial charge in [0.1, 0.15) is 17.7 Å². The van der Waals surface area contributed by atoms with Gasteiger partial charge in [0.05, 0.1) is 5.56 Å². The Morgan fingerprint density at radius 2 is 1.75 bits per heavy atom. The van der Waals surface area contributed by atoms with Gasteiger partial charge in [0.25, 0.3) is 5.56 Å². The van der Waals surface area contributed by atoms with Crippen molar-refractivity contribution in [1.82, 2.24) is 4.57 Å². The van der Waals surface area contributed by atoms with E-state index < -0.39 is 46.9 Å². The maximum atomic E-state index is 13.0. The van der Waals surface area contributed by atoms with Crippen LogP contribution in [-0.2, 0) is 22.3 Å². The van der Waals surface area contributed by atoms with Gasteiger partial charge in [-0.25, -0.2) is 4.79 Å². The van der Waals surface area contributed by atoms with E-state index in [4.69, 9.17) is 4.74 Å².